The third kappa shape index (κ3) is 3.67. The average Bonchev–Trinajstić information content (AvgIpc) is 2.66. The van der Waals surface area contributed by atoms with Gasteiger partial charge in [0, 0.05) is 25.5 Å². The molecule has 27 heavy (non-hydrogen) atoms. The Morgan fingerprint density at radius 3 is 2.07 bits per heavy atom. The molecule has 6 nitrogen and oxygen atoms in total. The number of sulfonamides is 1. The van der Waals surface area contributed by atoms with E-state index < -0.39 is 10.0 Å². The highest BCUT2D eigenvalue weighted by Crippen LogP contribution is 2.26. The zero-order valence-electron chi connectivity index (χ0n) is 14.3. The van der Waals surface area contributed by atoms with Crippen LogP contribution >= 0.6 is 0 Å². The lowest BCUT2D eigenvalue weighted by molar-refractivity contribution is 0.280. The summed E-state index contributed by atoms with van der Waals surface area (Å²) in [6.07, 6.45) is 3.26. The lowest BCUT2D eigenvalue weighted by atomic mass is 10.1. The van der Waals surface area contributed by atoms with Gasteiger partial charge in [-0.2, -0.15) is 4.31 Å². The highest BCUT2D eigenvalue weighted by atomic mass is 32.2. The molecule has 0 bridgehead atoms. The van der Waals surface area contributed by atoms with Crippen LogP contribution in [0.25, 0.3) is 11.1 Å². The topological polar surface area (TPSA) is 75.2 Å². The van der Waals surface area contributed by atoms with Gasteiger partial charge in [0.05, 0.1) is 10.9 Å². The van der Waals surface area contributed by atoms with Crippen LogP contribution in [0.15, 0.2) is 71.9 Å². The molecule has 1 aliphatic heterocycles. The van der Waals surface area contributed by atoms with E-state index >= 15 is 0 Å². The molecule has 0 spiro atoms. The second kappa shape index (κ2) is 7.05. The number of halogens is 1. The van der Waals surface area contributed by atoms with Crippen molar-refractivity contribution in [2.24, 2.45) is 0 Å². The van der Waals surface area contributed by atoms with Gasteiger partial charge >= 0.3 is 0 Å². The predicted octanol–water partition coefficient (Wildman–Crippen LogP) is 2.77. The molecule has 1 saturated heterocycles. The molecule has 1 fully saturated rings. The molecule has 4 rings (SSSR count). The van der Waals surface area contributed by atoms with E-state index in [-0.39, 0.29) is 16.8 Å². The molecular formula is C19H17FN4O2S. The standard InChI is InChI=1S/C19H17FN4O2S/c20-16-6-2-14(3-7-16)15-4-8-18(9-5-15)27(25,26)24-12-17(13-24)23-19-21-10-1-11-22-19/h1-11,17H,12-13H2,(H,21,22,23). The molecule has 0 atom stereocenters. The van der Waals surface area contributed by atoms with Gasteiger partial charge < -0.3 is 5.32 Å². The van der Waals surface area contributed by atoms with Crippen LogP contribution in [0.3, 0.4) is 0 Å². The van der Waals surface area contributed by atoms with Gasteiger partial charge in [0.25, 0.3) is 0 Å². The number of nitrogens with zero attached hydrogens (tertiary/aromatic N) is 3. The summed E-state index contributed by atoms with van der Waals surface area (Å²) in [5.74, 6) is 0.183. The van der Waals surface area contributed by atoms with E-state index in [4.69, 9.17) is 0 Å². The summed E-state index contributed by atoms with van der Waals surface area (Å²) < 4.78 is 39.9. The van der Waals surface area contributed by atoms with Crippen LogP contribution in [0, 0.1) is 5.82 Å². The summed E-state index contributed by atoms with van der Waals surface area (Å²) in [5, 5.41) is 3.11. The minimum absolute atomic E-state index is 0.0133. The zero-order valence-corrected chi connectivity index (χ0v) is 15.1. The zero-order chi connectivity index (χ0) is 18.9. The third-order valence-electron chi connectivity index (χ3n) is 4.42. The number of rotatable bonds is 5. The lowest BCUT2D eigenvalue weighted by Crippen LogP contribution is -2.56. The maximum absolute atomic E-state index is 13.0. The summed E-state index contributed by atoms with van der Waals surface area (Å²) in [6, 6.07) is 14.4. The van der Waals surface area contributed by atoms with E-state index in [9.17, 15) is 12.8 Å². The Bertz CT molecular complexity index is 1020. The quantitative estimate of drug-likeness (QED) is 0.732. The number of nitrogens with one attached hydrogen (secondary N) is 1. The first-order valence-electron chi connectivity index (χ1n) is 8.42. The smallest absolute Gasteiger partial charge is 0.243 e. The van der Waals surface area contributed by atoms with E-state index in [2.05, 4.69) is 15.3 Å². The van der Waals surface area contributed by atoms with Gasteiger partial charge in [-0.05, 0) is 41.5 Å². The third-order valence-corrected chi connectivity index (χ3v) is 6.26. The summed E-state index contributed by atoms with van der Waals surface area (Å²) >= 11 is 0. The summed E-state index contributed by atoms with van der Waals surface area (Å²) in [6.45, 7) is 0.723. The fourth-order valence-electron chi connectivity index (χ4n) is 2.89. The van der Waals surface area contributed by atoms with Crippen LogP contribution in [0.4, 0.5) is 10.3 Å². The van der Waals surface area contributed by atoms with Crippen molar-refractivity contribution in [1.82, 2.24) is 14.3 Å². The highest BCUT2D eigenvalue weighted by molar-refractivity contribution is 7.89. The predicted molar refractivity (Wildman–Crippen MR) is 100 cm³/mol. The van der Waals surface area contributed by atoms with E-state index in [1.807, 2.05) is 0 Å². The molecule has 1 N–H and O–H groups in total. The molecule has 2 aromatic carbocycles. The SMILES string of the molecule is O=S(=O)(c1ccc(-c2ccc(F)cc2)cc1)N1CC(Nc2ncccn2)C1. The number of anilines is 1. The molecule has 0 radical (unpaired) electrons. The minimum Gasteiger partial charge on any atom is -0.349 e. The Hall–Kier alpha value is -2.84. The van der Waals surface area contributed by atoms with Crippen LogP contribution in [0.1, 0.15) is 0 Å². The summed E-state index contributed by atoms with van der Waals surface area (Å²) in [4.78, 5) is 8.39. The van der Waals surface area contributed by atoms with Crippen LogP contribution in [0.5, 0.6) is 0 Å². The Morgan fingerprint density at radius 2 is 1.48 bits per heavy atom. The second-order valence-corrected chi connectivity index (χ2v) is 8.20. The van der Waals surface area contributed by atoms with Crippen molar-refractivity contribution in [3.8, 4) is 11.1 Å². The average molecular weight is 384 g/mol. The second-order valence-electron chi connectivity index (χ2n) is 6.27. The Labute approximate surface area is 156 Å². The fourth-order valence-corrected chi connectivity index (χ4v) is 4.42. The van der Waals surface area contributed by atoms with E-state index in [1.165, 1.54) is 16.4 Å². The minimum atomic E-state index is -3.54. The molecule has 2 heterocycles. The van der Waals surface area contributed by atoms with Gasteiger partial charge in [-0.25, -0.2) is 22.8 Å². The van der Waals surface area contributed by atoms with Gasteiger partial charge in [0.1, 0.15) is 5.82 Å². The maximum Gasteiger partial charge on any atom is 0.243 e. The van der Waals surface area contributed by atoms with E-state index in [0.717, 1.165) is 11.1 Å². The summed E-state index contributed by atoms with van der Waals surface area (Å²) in [5.41, 5.74) is 1.66. The molecule has 0 saturated carbocycles. The fraction of sp³-hybridized carbons (Fsp3) is 0.158. The maximum atomic E-state index is 13.0. The van der Waals surface area contributed by atoms with Gasteiger partial charge in [-0.15, -0.1) is 0 Å². The number of aromatic nitrogens is 2. The van der Waals surface area contributed by atoms with Gasteiger partial charge in [0.15, 0.2) is 0 Å². The largest absolute Gasteiger partial charge is 0.349 e. The number of hydrogen-bond donors (Lipinski definition) is 1. The first kappa shape index (κ1) is 17.6. The number of hydrogen-bond acceptors (Lipinski definition) is 5. The van der Waals surface area contributed by atoms with Crippen LogP contribution in [-0.2, 0) is 10.0 Å². The lowest BCUT2D eigenvalue weighted by Gasteiger charge is -2.38. The van der Waals surface area contributed by atoms with E-state index in [0.29, 0.717) is 19.0 Å². The van der Waals surface area contributed by atoms with Crippen LogP contribution in [-0.4, -0.2) is 41.8 Å². The first-order valence-corrected chi connectivity index (χ1v) is 9.86. The Morgan fingerprint density at radius 1 is 0.926 bits per heavy atom. The van der Waals surface area contributed by atoms with Crippen molar-refractivity contribution in [3.63, 3.8) is 0 Å². The van der Waals surface area contributed by atoms with Gasteiger partial charge in [-0.3, -0.25) is 0 Å². The van der Waals surface area contributed by atoms with Crippen molar-refractivity contribution in [2.45, 2.75) is 10.9 Å². The van der Waals surface area contributed by atoms with Crippen LogP contribution < -0.4 is 5.32 Å². The van der Waals surface area contributed by atoms with Crippen LogP contribution in [0.2, 0.25) is 0 Å². The number of benzene rings is 2. The van der Waals surface area contributed by atoms with E-state index in [1.54, 1.807) is 54.9 Å². The molecular weight excluding hydrogens is 367 g/mol. The molecule has 0 aliphatic carbocycles. The molecule has 1 aliphatic rings. The first-order chi connectivity index (χ1) is 13.0. The monoisotopic (exact) mass is 384 g/mol. The van der Waals surface area contributed by atoms with Crippen molar-refractivity contribution in [2.75, 3.05) is 18.4 Å². The van der Waals surface area contributed by atoms with Crippen molar-refractivity contribution >= 4 is 16.0 Å². The van der Waals surface area contributed by atoms with Crippen molar-refractivity contribution < 1.29 is 12.8 Å². The highest BCUT2D eigenvalue weighted by Gasteiger charge is 2.37. The van der Waals surface area contributed by atoms with Gasteiger partial charge in [-0.1, -0.05) is 24.3 Å². The summed E-state index contributed by atoms with van der Waals surface area (Å²) in [7, 11) is -3.54. The molecule has 1 aromatic heterocycles. The van der Waals surface area contributed by atoms with Crippen molar-refractivity contribution in [3.05, 3.63) is 72.8 Å². The Kier molecular flexibility index (Phi) is 4.59. The molecule has 0 amide bonds. The molecule has 8 heteroatoms. The van der Waals surface area contributed by atoms with Crippen molar-refractivity contribution in [1.29, 1.82) is 0 Å². The molecule has 0 unspecified atom stereocenters. The molecule has 3 aromatic rings. The molecule has 138 valence electrons. The normalized spacial score (nSPS) is 15.3. The Balaban J connectivity index is 1.43. The van der Waals surface area contributed by atoms with Gasteiger partial charge in [0.2, 0.25) is 16.0 Å².